The van der Waals surface area contributed by atoms with Crippen LogP contribution in [0.15, 0.2) is 59.6 Å². The number of rotatable bonds is 7. The average molecular weight is 613 g/mol. The number of carboxylic acids is 1. The summed E-state index contributed by atoms with van der Waals surface area (Å²) < 4.78 is 42.5. The van der Waals surface area contributed by atoms with Crippen molar-refractivity contribution in [2.24, 2.45) is 5.92 Å². The molecule has 3 fully saturated rings. The first-order valence-corrected chi connectivity index (χ1v) is 16.6. The molecule has 9 nitrogen and oxygen atoms in total. The fourth-order valence-corrected chi connectivity index (χ4v) is 8.73. The fraction of sp³-hybridized carbons (Fsp3) is 0.433. The minimum Gasteiger partial charge on any atom is -0.477 e. The predicted octanol–water partition coefficient (Wildman–Crippen LogP) is 5.04. The molecule has 1 N–H and O–H groups in total. The number of hydrogen-bond acceptors (Lipinski definition) is 7. The number of piperazine rings is 1. The molecule has 3 aromatic rings. The van der Waals surface area contributed by atoms with Crippen molar-refractivity contribution in [3.63, 3.8) is 0 Å². The lowest BCUT2D eigenvalue weighted by atomic mass is 9.82. The van der Waals surface area contributed by atoms with E-state index in [1.54, 1.807) is 21.9 Å². The Balaban J connectivity index is 1.33. The lowest BCUT2D eigenvalue weighted by molar-refractivity contribution is -0.121. The third kappa shape index (κ3) is 5.55. The summed E-state index contributed by atoms with van der Waals surface area (Å²) in [6.07, 6.45) is 5.46. The molecule has 1 amide bonds. The Morgan fingerprint density at radius 3 is 2.43 bits per heavy atom. The van der Waals surface area contributed by atoms with Gasteiger partial charge < -0.3 is 14.9 Å². The third-order valence-corrected chi connectivity index (χ3v) is 11.5. The number of hydrogen-bond donors (Lipinski definition) is 1. The number of nitrogens with zero attached hydrogens (tertiary/aromatic N) is 4. The molecule has 222 valence electrons. The minimum absolute atomic E-state index is 0.0287. The standard InChI is InChI=1S/C30H33FN4O5S2/c31-22-13-14-33(17-22)27-12-11-23(16-32-27)42(39,40)34-18-25(20-7-3-1-4-8-20)35(28(36)19-34)24-15-26(41-29(24)30(37)38)21-9-5-2-6-10-21/h2,5-6,9-12,15-16,20,22,25H,1,3-4,7-8,13-14,17-19H2,(H,37,38)/t22-,25?/m1/s1. The zero-order chi connectivity index (χ0) is 29.4. The van der Waals surface area contributed by atoms with Crippen molar-refractivity contribution >= 4 is 44.7 Å². The molecule has 2 atom stereocenters. The van der Waals surface area contributed by atoms with Gasteiger partial charge in [0.05, 0.1) is 24.8 Å². The molecule has 3 aliphatic rings. The molecule has 1 aliphatic carbocycles. The molecular formula is C30H33FN4O5S2. The average Bonchev–Trinajstić information content (AvgIpc) is 3.65. The van der Waals surface area contributed by atoms with Crippen LogP contribution in [0.25, 0.3) is 10.4 Å². The second-order valence-electron chi connectivity index (χ2n) is 11.2. The Morgan fingerprint density at radius 2 is 1.79 bits per heavy atom. The van der Waals surface area contributed by atoms with Crippen molar-refractivity contribution in [3.05, 3.63) is 59.6 Å². The predicted molar refractivity (Wildman–Crippen MR) is 159 cm³/mol. The first-order chi connectivity index (χ1) is 20.2. The fourth-order valence-electron chi connectivity index (χ4n) is 6.39. The molecule has 2 saturated heterocycles. The number of pyridine rings is 1. The van der Waals surface area contributed by atoms with Gasteiger partial charge in [0, 0.05) is 24.2 Å². The molecular weight excluding hydrogens is 579 g/mol. The zero-order valence-electron chi connectivity index (χ0n) is 23.1. The summed E-state index contributed by atoms with van der Waals surface area (Å²) >= 11 is 1.12. The van der Waals surface area contributed by atoms with Gasteiger partial charge in [0.25, 0.3) is 0 Å². The van der Waals surface area contributed by atoms with E-state index in [2.05, 4.69) is 4.98 Å². The number of carbonyl (C=O) groups is 2. The first-order valence-electron chi connectivity index (χ1n) is 14.3. The molecule has 1 saturated carbocycles. The number of alkyl halides is 1. The van der Waals surface area contributed by atoms with Crippen LogP contribution in [0.4, 0.5) is 15.9 Å². The van der Waals surface area contributed by atoms with Gasteiger partial charge in [0.15, 0.2) is 0 Å². The van der Waals surface area contributed by atoms with E-state index in [0.717, 1.165) is 53.9 Å². The summed E-state index contributed by atoms with van der Waals surface area (Å²) in [6.45, 7) is 0.405. The number of aromatic carboxylic acids is 1. The highest BCUT2D eigenvalue weighted by Gasteiger charge is 2.44. The van der Waals surface area contributed by atoms with Crippen LogP contribution in [0.1, 0.15) is 48.2 Å². The summed E-state index contributed by atoms with van der Waals surface area (Å²) in [7, 11) is -4.07. The van der Waals surface area contributed by atoms with Gasteiger partial charge in [-0.15, -0.1) is 11.3 Å². The van der Waals surface area contributed by atoms with Crippen molar-refractivity contribution < 1.29 is 27.5 Å². The van der Waals surface area contributed by atoms with Gasteiger partial charge in [0.2, 0.25) is 15.9 Å². The number of halogens is 1. The number of sulfonamides is 1. The van der Waals surface area contributed by atoms with E-state index < -0.39 is 40.7 Å². The van der Waals surface area contributed by atoms with E-state index in [0.29, 0.717) is 24.5 Å². The maximum absolute atomic E-state index is 13.9. The third-order valence-electron chi connectivity index (χ3n) is 8.53. The summed E-state index contributed by atoms with van der Waals surface area (Å²) in [5.41, 5.74) is 1.18. The monoisotopic (exact) mass is 612 g/mol. The minimum atomic E-state index is -4.07. The van der Waals surface area contributed by atoms with Crippen molar-refractivity contribution in [2.75, 3.05) is 36.0 Å². The van der Waals surface area contributed by atoms with E-state index in [1.807, 2.05) is 30.3 Å². The number of carboxylic acid groups (broad SMARTS) is 1. The lowest BCUT2D eigenvalue weighted by Gasteiger charge is -2.44. The number of thiophene rings is 1. The van der Waals surface area contributed by atoms with Crippen LogP contribution < -0.4 is 9.80 Å². The van der Waals surface area contributed by atoms with Gasteiger partial charge in [-0.25, -0.2) is 22.6 Å². The number of amides is 1. The van der Waals surface area contributed by atoms with Gasteiger partial charge in [-0.05, 0) is 48.9 Å². The van der Waals surface area contributed by atoms with Gasteiger partial charge in [-0.1, -0.05) is 49.6 Å². The largest absolute Gasteiger partial charge is 0.477 e. The van der Waals surface area contributed by atoms with Crippen LogP contribution in [-0.2, 0) is 14.8 Å². The molecule has 0 spiro atoms. The molecule has 0 bridgehead atoms. The molecule has 1 unspecified atom stereocenters. The summed E-state index contributed by atoms with van der Waals surface area (Å²) in [5.74, 6) is -1.02. The van der Waals surface area contributed by atoms with E-state index in [4.69, 9.17) is 0 Å². The van der Waals surface area contributed by atoms with Crippen LogP contribution in [0.3, 0.4) is 0 Å². The Kier molecular flexibility index (Phi) is 8.03. The lowest BCUT2D eigenvalue weighted by Crippen LogP contribution is -2.60. The maximum Gasteiger partial charge on any atom is 0.348 e. The summed E-state index contributed by atoms with van der Waals surface area (Å²) in [5, 5.41) is 10.1. The highest BCUT2D eigenvalue weighted by Crippen LogP contribution is 2.42. The summed E-state index contributed by atoms with van der Waals surface area (Å²) in [6, 6.07) is 13.7. The highest BCUT2D eigenvalue weighted by atomic mass is 32.2. The molecule has 42 heavy (non-hydrogen) atoms. The molecule has 12 heteroatoms. The molecule has 2 aromatic heterocycles. The Hall–Kier alpha value is -3.35. The van der Waals surface area contributed by atoms with E-state index in [9.17, 15) is 27.5 Å². The van der Waals surface area contributed by atoms with E-state index in [1.165, 1.54) is 16.6 Å². The maximum atomic E-state index is 13.9. The Labute approximate surface area is 248 Å². The molecule has 6 rings (SSSR count). The van der Waals surface area contributed by atoms with Crippen LogP contribution in [0.2, 0.25) is 0 Å². The number of carbonyl (C=O) groups excluding carboxylic acids is 1. The number of aromatic nitrogens is 1. The smallest absolute Gasteiger partial charge is 0.348 e. The quantitative estimate of drug-likeness (QED) is 0.398. The highest BCUT2D eigenvalue weighted by molar-refractivity contribution is 7.89. The van der Waals surface area contributed by atoms with Crippen LogP contribution in [0.5, 0.6) is 0 Å². The van der Waals surface area contributed by atoms with Crippen molar-refractivity contribution in [3.8, 4) is 10.4 Å². The van der Waals surface area contributed by atoms with E-state index in [-0.39, 0.29) is 28.8 Å². The van der Waals surface area contributed by atoms with E-state index >= 15 is 0 Å². The molecule has 2 aliphatic heterocycles. The van der Waals surface area contributed by atoms with Crippen LogP contribution in [0, 0.1) is 5.92 Å². The summed E-state index contributed by atoms with van der Waals surface area (Å²) in [4.78, 5) is 34.7. The number of anilines is 2. The normalized spacial score (nSPS) is 22.5. The second kappa shape index (κ2) is 11.7. The first kappa shape index (κ1) is 28.8. The Morgan fingerprint density at radius 1 is 1.02 bits per heavy atom. The van der Waals surface area contributed by atoms with Gasteiger partial charge >= 0.3 is 5.97 Å². The molecule has 4 heterocycles. The van der Waals surface area contributed by atoms with Crippen LogP contribution in [-0.4, -0.2) is 73.1 Å². The number of benzene rings is 1. The molecule has 0 radical (unpaired) electrons. The molecule has 1 aromatic carbocycles. The Bertz CT molecular complexity index is 1560. The topological polar surface area (TPSA) is 111 Å². The van der Waals surface area contributed by atoms with Gasteiger partial charge in [0.1, 0.15) is 21.8 Å². The van der Waals surface area contributed by atoms with Crippen molar-refractivity contribution in [1.82, 2.24) is 9.29 Å². The van der Waals surface area contributed by atoms with Gasteiger partial charge in [-0.3, -0.25) is 4.79 Å². The van der Waals surface area contributed by atoms with Crippen LogP contribution >= 0.6 is 11.3 Å². The van der Waals surface area contributed by atoms with Gasteiger partial charge in [-0.2, -0.15) is 4.31 Å². The van der Waals surface area contributed by atoms with Crippen molar-refractivity contribution in [2.45, 2.75) is 55.6 Å². The van der Waals surface area contributed by atoms with Crippen molar-refractivity contribution in [1.29, 1.82) is 0 Å². The second-order valence-corrected chi connectivity index (χ2v) is 14.2. The SMILES string of the molecule is O=C(O)c1sc(-c2ccccc2)cc1N1C(=O)CN(S(=O)(=O)c2ccc(N3CC[C@@H](F)C3)nc2)CC1C1CCCCC1. The zero-order valence-corrected chi connectivity index (χ0v) is 24.7.